The van der Waals surface area contributed by atoms with Crippen molar-refractivity contribution < 1.29 is 23.8 Å². The van der Waals surface area contributed by atoms with Gasteiger partial charge in [0.05, 0.1) is 36.6 Å². The summed E-state index contributed by atoms with van der Waals surface area (Å²) in [5.41, 5.74) is 0.540. The molecule has 1 aromatic carbocycles. The molecule has 4 rings (SSSR count). The number of hydrogen-bond acceptors (Lipinski definition) is 5. The van der Waals surface area contributed by atoms with Crippen molar-refractivity contribution in [3.63, 3.8) is 0 Å². The lowest BCUT2D eigenvalue weighted by Gasteiger charge is -2.27. The zero-order chi connectivity index (χ0) is 17.0. The number of nitrogens with one attached hydrogen (secondary N) is 1. The monoisotopic (exact) mass is 395 g/mol. The highest BCUT2D eigenvalue weighted by atomic mass is 79.9. The van der Waals surface area contributed by atoms with Crippen LogP contribution in [0, 0.1) is 23.7 Å². The summed E-state index contributed by atoms with van der Waals surface area (Å²) in [7, 11) is 3.11. The zero-order valence-electron chi connectivity index (χ0n) is 13.3. The van der Waals surface area contributed by atoms with Crippen molar-refractivity contribution in [1.82, 2.24) is 0 Å². The van der Waals surface area contributed by atoms with Crippen molar-refractivity contribution in [3.05, 3.63) is 18.2 Å². The van der Waals surface area contributed by atoms with E-state index in [0.29, 0.717) is 17.2 Å². The average Bonchev–Trinajstić information content (AvgIpc) is 3.18. The quantitative estimate of drug-likeness (QED) is 0.624. The highest BCUT2D eigenvalue weighted by molar-refractivity contribution is 9.09. The van der Waals surface area contributed by atoms with Gasteiger partial charge in [0.2, 0.25) is 5.91 Å². The van der Waals surface area contributed by atoms with E-state index < -0.39 is 0 Å². The third kappa shape index (κ3) is 2.13. The number of carbonyl (C=O) groups excluding carboxylic acids is 2. The van der Waals surface area contributed by atoms with Gasteiger partial charge in [0.25, 0.3) is 0 Å². The van der Waals surface area contributed by atoms with Gasteiger partial charge in [-0.2, -0.15) is 0 Å². The first kappa shape index (κ1) is 15.7. The lowest BCUT2D eigenvalue weighted by molar-refractivity contribution is -0.145. The van der Waals surface area contributed by atoms with E-state index in [0.717, 1.165) is 6.42 Å². The van der Waals surface area contributed by atoms with E-state index in [4.69, 9.17) is 14.2 Å². The van der Waals surface area contributed by atoms with E-state index in [2.05, 4.69) is 21.2 Å². The van der Waals surface area contributed by atoms with Crippen molar-refractivity contribution in [3.8, 4) is 11.5 Å². The van der Waals surface area contributed by atoms with Gasteiger partial charge >= 0.3 is 5.97 Å². The molecule has 1 saturated heterocycles. The minimum Gasteiger partial charge on any atom is -0.497 e. The minimum atomic E-state index is -0.374. The summed E-state index contributed by atoms with van der Waals surface area (Å²) in [6.45, 7) is 0. The highest BCUT2D eigenvalue weighted by Gasteiger charge is 2.67. The number of halogens is 1. The molecule has 3 fully saturated rings. The van der Waals surface area contributed by atoms with Gasteiger partial charge in [-0.25, -0.2) is 0 Å². The van der Waals surface area contributed by atoms with Crippen LogP contribution in [-0.2, 0) is 14.3 Å². The number of benzene rings is 1. The number of anilines is 1. The maximum Gasteiger partial charge on any atom is 0.310 e. The Labute approximate surface area is 148 Å². The Balaban J connectivity index is 1.60. The molecular formula is C17H18BrNO5. The van der Waals surface area contributed by atoms with Gasteiger partial charge in [-0.05, 0) is 24.5 Å². The fraction of sp³-hybridized carbons (Fsp3) is 0.529. The zero-order valence-corrected chi connectivity index (χ0v) is 14.9. The van der Waals surface area contributed by atoms with E-state index in [9.17, 15) is 9.59 Å². The van der Waals surface area contributed by atoms with Gasteiger partial charge in [-0.15, -0.1) is 0 Å². The average molecular weight is 396 g/mol. The molecule has 1 aromatic rings. The summed E-state index contributed by atoms with van der Waals surface area (Å²) >= 11 is 3.62. The smallest absolute Gasteiger partial charge is 0.310 e. The lowest BCUT2D eigenvalue weighted by atomic mass is 9.79. The molecule has 7 heteroatoms. The Morgan fingerprint density at radius 1 is 1.29 bits per heavy atom. The number of alkyl halides is 1. The van der Waals surface area contributed by atoms with Crippen LogP contribution in [0.25, 0.3) is 0 Å². The SMILES string of the molecule is COc1ccc(OC)c(NC(=O)[C@@H]2[C@H]3C[C@H]4[C@H](OC(=O)[C@@H]42)[C@H]3Br)c1. The Bertz CT molecular complexity index is 708. The van der Waals surface area contributed by atoms with Crippen LogP contribution < -0.4 is 14.8 Å². The first-order chi connectivity index (χ1) is 11.5. The molecule has 1 amide bonds. The molecule has 0 unspecified atom stereocenters. The fourth-order valence-electron chi connectivity index (χ4n) is 4.46. The van der Waals surface area contributed by atoms with E-state index in [1.807, 2.05) is 0 Å². The highest BCUT2D eigenvalue weighted by Crippen LogP contribution is 2.60. The predicted molar refractivity (Wildman–Crippen MR) is 89.3 cm³/mol. The second-order valence-corrected chi connectivity index (χ2v) is 7.57. The lowest BCUT2D eigenvalue weighted by Crippen LogP contribution is -2.40. The predicted octanol–water partition coefficient (Wildman–Crippen LogP) is 2.21. The van der Waals surface area contributed by atoms with E-state index in [-0.39, 0.29) is 46.5 Å². The molecule has 1 aliphatic heterocycles. The molecule has 2 aliphatic carbocycles. The van der Waals surface area contributed by atoms with Crippen molar-refractivity contribution in [2.24, 2.45) is 23.7 Å². The molecule has 1 heterocycles. The van der Waals surface area contributed by atoms with E-state index in [1.54, 1.807) is 32.4 Å². The van der Waals surface area contributed by atoms with Gasteiger partial charge in [0.15, 0.2) is 0 Å². The second-order valence-electron chi connectivity index (χ2n) is 6.52. The first-order valence-corrected chi connectivity index (χ1v) is 8.84. The van der Waals surface area contributed by atoms with Gasteiger partial charge in [0, 0.05) is 12.0 Å². The van der Waals surface area contributed by atoms with Crippen LogP contribution in [0.3, 0.4) is 0 Å². The summed E-state index contributed by atoms with van der Waals surface area (Å²) in [4.78, 5) is 25.1. The summed E-state index contributed by atoms with van der Waals surface area (Å²) < 4.78 is 16.0. The summed E-state index contributed by atoms with van der Waals surface area (Å²) in [6.07, 6.45) is 0.771. The van der Waals surface area contributed by atoms with E-state index in [1.165, 1.54) is 0 Å². The molecule has 2 saturated carbocycles. The Morgan fingerprint density at radius 2 is 2.08 bits per heavy atom. The van der Waals surface area contributed by atoms with Crippen LogP contribution in [0.4, 0.5) is 5.69 Å². The maximum atomic E-state index is 12.9. The standard InChI is InChI=1S/C17H18BrNO5/c1-22-7-3-4-11(23-2)10(5-7)19-16(20)12-8-6-9-13(12)17(21)24-15(9)14(8)18/h3-5,8-9,12-15H,6H2,1-2H3,(H,19,20)/t8-,9-,12-,13+,14+,15+/m1/s1. The Kier molecular flexibility index (Phi) is 3.71. The largest absolute Gasteiger partial charge is 0.497 e. The number of amides is 1. The van der Waals surface area contributed by atoms with Crippen LogP contribution in [0.2, 0.25) is 0 Å². The molecule has 0 spiro atoms. The minimum absolute atomic E-state index is 0.0492. The molecule has 6 nitrogen and oxygen atoms in total. The third-order valence-corrected chi connectivity index (χ3v) is 6.69. The molecule has 0 radical (unpaired) electrons. The van der Waals surface area contributed by atoms with Crippen LogP contribution in [-0.4, -0.2) is 37.0 Å². The normalized spacial score (nSPS) is 35.7. The Morgan fingerprint density at radius 3 is 2.79 bits per heavy atom. The second kappa shape index (κ2) is 5.65. The van der Waals surface area contributed by atoms with Gasteiger partial charge in [-0.3, -0.25) is 9.59 Å². The number of methoxy groups -OCH3 is 2. The third-order valence-electron chi connectivity index (χ3n) is 5.49. The number of fused-ring (bicyclic) bond motifs is 1. The van der Waals surface area contributed by atoms with Crippen LogP contribution in [0.15, 0.2) is 18.2 Å². The van der Waals surface area contributed by atoms with Crippen LogP contribution >= 0.6 is 15.9 Å². The van der Waals surface area contributed by atoms with Gasteiger partial charge in [-0.1, -0.05) is 15.9 Å². The molecule has 0 aromatic heterocycles. The Hall–Kier alpha value is -1.76. The molecule has 3 aliphatic rings. The van der Waals surface area contributed by atoms with Crippen LogP contribution in [0.1, 0.15) is 6.42 Å². The molecule has 128 valence electrons. The summed E-state index contributed by atoms with van der Waals surface area (Å²) in [5.74, 6) is 0.329. The van der Waals surface area contributed by atoms with Crippen molar-refractivity contribution >= 4 is 33.5 Å². The molecule has 2 bridgehead atoms. The fourth-order valence-corrected chi connectivity index (χ4v) is 5.50. The molecular weight excluding hydrogens is 378 g/mol. The van der Waals surface area contributed by atoms with Crippen molar-refractivity contribution in [2.75, 3.05) is 19.5 Å². The molecule has 6 atom stereocenters. The molecule has 24 heavy (non-hydrogen) atoms. The van der Waals surface area contributed by atoms with Crippen molar-refractivity contribution in [1.29, 1.82) is 0 Å². The number of rotatable bonds is 4. The molecule has 1 N–H and O–H groups in total. The van der Waals surface area contributed by atoms with Crippen LogP contribution in [0.5, 0.6) is 11.5 Å². The maximum absolute atomic E-state index is 12.9. The number of carbonyl (C=O) groups is 2. The summed E-state index contributed by atoms with van der Waals surface area (Å²) in [5, 5.41) is 2.91. The van der Waals surface area contributed by atoms with Crippen molar-refractivity contribution in [2.45, 2.75) is 17.4 Å². The summed E-state index contributed by atoms with van der Waals surface area (Å²) in [6, 6.07) is 5.22. The topological polar surface area (TPSA) is 73.9 Å². The van der Waals surface area contributed by atoms with E-state index >= 15 is 0 Å². The first-order valence-electron chi connectivity index (χ1n) is 7.92. The number of ether oxygens (including phenoxy) is 3. The number of esters is 1. The number of hydrogen-bond donors (Lipinski definition) is 1. The van der Waals surface area contributed by atoms with Gasteiger partial charge < -0.3 is 19.5 Å². The van der Waals surface area contributed by atoms with Gasteiger partial charge in [0.1, 0.15) is 17.6 Å².